The summed E-state index contributed by atoms with van der Waals surface area (Å²) in [5.74, 6) is 0. The molecule has 0 saturated heterocycles. The Hall–Kier alpha value is -6.20. The van der Waals surface area contributed by atoms with E-state index in [2.05, 4.69) is 276 Å². The molecule has 81 heavy (non-hydrogen) atoms. The molecule has 0 atom stereocenters. The fourth-order valence-corrected chi connectivity index (χ4v) is 14.7. The average Bonchev–Trinajstić information content (AvgIpc) is 4.01. The van der Waals surface area contributed by atoms with Crippen LogP contribution in [-0.4, -0.2) is 14.3 Å². The Balaban J connectivity index is 1.18. The van der Waals surface area contributed by atoms with E-state index in [1.165, 1.54) is 84.1 Å². The molecule has 2 heterocycles. The van der Waals surface area contributed by atoms with Gasteiger partial charge in [0.15, 0.2) is 0 Å². The van der Waals surface area contributed by atoms with Crippen LogP contribution in [0.4, 0.5) is 45.5 Å². The van der Waals surface area contributed by atoms with E-state index in [1.54, 1.807) is 0 Å². The molecule has 1 aliphatic heterocycles. The van der Waals surface area contributed by atoms with Gasteiger partial charge in [0.25, 0.3) is 0 Å². The van der Waals surface area contributed by atoms with Gasteiger partial charge in [-0.25, -0.2) is 0 Å². The third-order valence-corrected chi connectivity index (χ3v) is 20.8. The maximum absolute atomic E-state index is 7.41. The molecule has 5 heteroatoms. The van der Waals surface area contributed by atoms with Gasteiger partial charge in [0.2, 0.25) is 7.28 Å². The van der Waals surface area contributed by atoms with Gasteiger partial charge in [-0.15, -0.1) is 0 Å². The molecule has 12 rings (SSSR count). The molecule has 1 radical (unpaired) electrons. The summed E-state index contributed by atoms with van der Waals surface area (Å²) in [5.41, 5.74) is 26.4. The minimum Gasteiger partial charge on any atom is -0.457 e. The van der Waals surface area contributed by atoms with E-state index in [0.29, 0.717) is 0 Å². The summed E-state index contributed by atoms with van der Waals surface area (Å²) < 4.78 is 7.41. The largest absolute Gasteiger partial charge is 0.457 e. The molecule has 7 aromatic carbocycles. The Labute approximate surface area is 488 Å². The van der Waals surface area contributed by atoms with Crippen molar-refractivity contribution in [1.29, 1.82) is 0 Å². The molecule has 0 amide bonds. The third-order valence-electron chi connectivity index (χ3n) is 20.8. The Morgan fingerprint density at radius 2 is 0.877 bits per heavy atom. The van der Waals surface area contributed by atoms with Crippen molar-refractivity contribution in [2.24, 2.45) is 0 Å². The Bertz CT molecular complexity index is 3790. The van der Waals surface area contributed by atoms with Crippen LogP contribution in [0.25, 0.3) is 21.9 Å². The van der Waals surface area contributed by atoms with E-state index < -0.39 is 0 Å². The zero-order chi connectivity index (χ0) is 58.1. The van der Waals surface area contributed by atoms with Crippen molar-refractivity contribution in [3.8, 4) is 0 Å². The quantitative estimate of drug-likeness (QED) is 0.155. The summed E-state index contributed by atoms with van der Waals surface area (Å²) in [6, 6.07) is 45.8. The molecule has 0 saturated carbocycles. The topological polar surface area (TPSA) is 22.9 Å². The van der Waals surface area contributed by atoms with Crippen LogP contribution in [0, 0.1) is 6.92 Å². The maximum atomic E-state index is 7.41. The highest BCUT2D eigenvalue weighted by atomic mass is 16.3. The van der Waals surface area contributed by atoms with Gasteiger partial charge < -0.3 is 19.1 Å². The van der Waals surface area contributed by atoms with Crippen LogP contribution >= 0.6 is 0 Å². The number of fused-ring (bicyclic) bond motifs is 9. The van der Waals surface area contributed by atoms with E-state index in [0.717, 1.165) is 82.9 Å². The number of rotatable bonds is 6. The molecule has 0 bridgehead atoms. The summed E-state index contributed by atoms with van der Waals surface area (Å²) in [6.45, 7) is 45.5. The van der Waals surface area contributed by atoms with Crippen LogP contribution < -0.4 is 25.6 Å². The van der Waals surface area contributed by atoms with Gasteiger partial charge in [-0.1, -0.05) is 161 Å². The van der Waals surface area contributed by atoms with Crippen LogP contribution in [0.1, 0.15) is 213 Å². The van der Waals surface area contributed by atoms with Gasteiger partial charge in [-0.05, 0) is 229 Å². The van der Waals surface area contributed by atoms with Crippen LogP contribution in [0.3, 0.4) is 0 Å². The van der Waals surface area contributed by atoms with Crippen molar-refractivity contribution in [2.75, 3.05) is 21.7 Å². The number of anilines is 8. The lowest BCUT2D eigenvalue weighted by Gasteiger charge is -2.44. The first-order valence-corrected chi connectivity index (χ1v) is 30.6. The van der Waals surface area contributed by atoms with Crippen LogP contribution in [0.15, 0.2) is 120 Å². The summed E-state index contributed by atoms with van der Waals surface area (Å²) >= 11 is 0. The SMILES string of the molecule is Cc1cc2c(cc1N1c3cc(N(c4ccc(C(C)(C)C)cc4)c4ccc(C(C)(C)C)cc4)cc(N(C)c4ccc5c(c4)C(C)(C)CCC5(C)C)c3[B]c3c1ccc1c3oc3cc4c(cc31)C(C)(C)CCC4(C)C)C(C)(C)CCC2(C)C. The highest BCUT2D eigenvalue weighted by Gasteiger charge is 2.42. The molecule has 0 fully saturated rings. The fraction of sp³-hybridized carbons (Fsp3) is 0.447. The minimum atomic E-state index is 0.00147. The van der Waals surface area contributed by atoms with E-state index >= 15 is 0 Å². The standard InChI is InChI=1S/C76H91BN3O/c1-46-39-56-59(75(16,17)37-35-72(56,10)11)44-62(46)80-61-32-30-53-54-43-58-60(76(18,19)38-36-74(58,14)15)45-65(54)81-68(53)67(61)77-66-63(78(20)51-29-31-55-57(40-51)73(12,13)34-33-71(55,8)9)41-52(42-64(66)80)79(49-25-21-47(22-26-49)69(2,3)4)50-27-23-48(24-28-50)70(5,6)7/h21-32,39-45H,33-38H2,1-20H3. The maximum Gasteiger partial charge on any atom is 0.204 e. The number of hydrogen-bond acceptors (Lipinski definition) is 4. The second-order valence-electron chi connectivity index (χ2n) is 31.5. The lowest BCUT2D eigenvalue weighted by atomic mass is 9.58. The van der Waals surface area contributed by atoms with Crippen molar-refractivity contribution in [1.82, 2.24) is 0 Å². The van der Waals surface area contributed by atoms with Gasteiger partial charge in [0.1, 0.15) is 11.2 Å². The summed E-state index contributed by atoms with van der Waals surface area (Å²) in [4.78, 5) is 7.62. The van der Waals surface area contributed by atoms with Crippen molar-refractivity contribution in [3.05, 3.63) is 165 Å². The van der Waals surface area contributed by atoms with E-state index in [9.17, 15) is 0 Å². The monoisotopic (exact) mass is 1070 g/mol. The molecular formula is C76H91BN3O. The molecule has 4 aliphatic rings. The van der Waals surface area contributed by atoms with E-state index in [4.69, 9.17) is 4.42 Å². The lowest BCUT2D eigenvalue weighted by molar-refractivity contribution is 0.332. The van der Waals surface area contributed by atoms with Gasteiger partial charge in [-0.2, -0.15) is 0 Å². The summed E-state index contributed by atoms with van der Waals surface area (Å²) in [7, 11) is 4.79. The number of furan rings is 1. The smallest absolute Gasteiger partial charge is 0.204 e. The van der Waals surface area contributed by atoms with Crippen LogP contribution in [-0.2, 0) is 43.3 Å². The first-order chi connectivity index (χ1) is 37.7. The predicted octanol–water partition coefficient (Wildman–Crippen LogP) is 20.2. The molecule has 4 nitrogen and oxygen atoms in total. The zero-order valence-corrected chi connectivity index (χ0v) is 53.0. The predicted molar refractivity (Wildman–Crippen MR) is 351 cm³/mol. The fourth-order valence-electron chi connectivity index (χ4n) is 14.7. The molecule has 0 unspecified atom stereocenters. The van der Waals surface area contributed by atoms with Gasteiger partial charge in [-0.3, -0.25) is 0 Å². The molecule has 0 spiro atoms. The van der Waals surface area contributed by atoms with E-state index in [1.807, 2.05) is 0 Å². The van der Waals surface area contributed by atoms with Gasteiger partial charge >= 0.3 is 0 Å². The first kappa shape index (κ1) is 55.3. The lowest BCUT2D eigenvalue weighted by Crippen LogP contribution is -2.43. The van der Waals surface area contributed by atoms with Gasteiger partial charge in [0.05, 0.1) is 5.69 Å². The Morgan fingerprint density at radius 1 is 0.420 bits per heavy atom. The van der Waals surface area contributed by atoms with Crippen LogP contribution in [0.5, 0.6) is 0 Å². The van der Waals surface area contributed by atoms with E-state index in [-0.39, 0.29) is 43.3 Å². The number of nitrogens with zero attached hydrogens (tertiary/aromatic N) is 3. The summed E-state index contributed by atoms with van der Waals surface area (Å²) in [6.07, 6.45) is 6.95. The molecule has 3 aliphatic carbocycles. The van der Waals surface area contributed by atoms with Gasteiger partial charge in [0, 0.05) is 57.6 Å². The average molecular weight is 1070 g/mol. The third kappa shape index (κ3) is 9.07. The van der Waals surface area contributed by atoms with Crippen molar-refractivity contribution in [2.45, 2.75) is 213 Å². The molecule has 419 valence electrons. The van der Waals surface area contributed by atoms with Crippen molar-refractivity contribution < 1.29 is 4.42 Å². The second-order valence-corrected chi connectivity index (χ2v) is 31.5. The number of aryl methyl sites for hydroxylation is 1. The van der Waals surface area contributed by atoms with Crippen molar-refractivity contribution >= 4 is 85.6 Å². The highest BCUT2D eigenvalue weighted by Crippen LogP contribution is 2.54. The molecule has 8 aromatic rings. The second kappa shape index (κ2) is 18.2. The molecular weight excluding hydrogens is 982 g/mol. The zero-order valence-electron chi connectivity index (χ0n) is 53.0. The van der Waals surface area contributed by atoms with Crippen molar-refractivity contribution in [3.63, 3.8) is 0 Å². The first-order valence-electron chi connectivity index (χ1n) is 30.6. The molecule has 1 aromatic heterocycles. The van der Waals surface area contributed by atoms with Crippen LogP contribution in [0.2, 0.25) is 0 Å². The Morgan fingerprint density at radius 3 is 1.40 bits per heavy atom. The summed E-state index contributed by atoms with van der Waals surface area (Å²) in [5, 5.41) is 2.37. The number of hydrogen-bond donors (Lipinski definition) is 0. The molecule has 0 N–H and O–H groups in total. The highest BCUT2D eigenvalue weighted by molar-refractivity contribution is 6.75. The normalized spacial score (nSPS) is 19.0. The minimum absolute atomic E-state index is 0.00147. The Kier molecular flexibility index (Phi) is 12.4. The number of benzene rings is 7.